The van der Waals surface area contributed by atoms with Crippen molar-refractivity contribution >= 4 is 15.9 Å². The van der Waals surface area contributed by atoms with E-state index in [1.54, 1.807) is 10.9 Å². The lowest BCUT2D eigenvalue weighted by Crippen LogP contribution is -2.30. The molecule has 1 aromatic carbocycles. The summed E-state index contributed by atoms with van der Waals surface area (Å²) in [6.07, 6.45) is 4.17. The lowest BCUT2D eigenvalue weighted by atomic mass is 10.0. The number of hydrogen-bond donors (Lipinski definition) is 2. The van der Waals surface area contributed by atoms with Crippen molar-refractivity contribution in [3.05, 3.63) is 51.8 Å². The van der Waals surface area contributed by atoms with Crippen LogP contribution in [-0.4, -0.2) is 9.78 Å². The molecule has 0 saturated heterocycles. The van der Waals surface area contributed by atoms with Crippen LogP contribution >= 0.6 is 15.9 Å². The van der Waals surface area contributed by atoms with Gasteiger partial charge in [0.2, 0.25) is 0 Å². The summed E-state index contributed by atoms with van der Waals surface area (Å²) in [5, 5.41) is 4.17. The molecule has 4 nitrogen and oxygen atoms in total. The molecule has 1 aromatic heterocycles. The third kappa shape index (κ3) is 3.05. The minimum atomic E-state index is -0.910. The van der Waals surface area contributed by atoms with E-state index in [-0.39, 0.29) is 10.5 Å². The number of hydrazine groups is 1. The van der Waals surface area contributed by atoms with Crippen molar-refractivity contribution in [3.8, 4) is 0 Å². The Balaban J connectivity index is 2.26. The highest BCUT2D eigenvalue weighted by Crippen LogP contribution is 2.29. The molecule has 2 aromatic rings. The van der Waals surface area contributed by atoms with Gasteiger partial charge in [0.15, 0.2) is 11.6 Å². The maximum atomic E-state index is 13.6. The number of aryl methyl sites for hydroxylation is 1. The van der Waals surface area contributed by atoms with Gasteiger partial charge in [0.05, 0.1) is 16.7 Å². The van der Waals surface area contributed by atoms with E-state index in [1.807, 2.05) is 13.1 Å². The average molecular weight is 345 g/mol. The largest absolute Gasteiger partial charge is 0.273 e. The van der Waals surface area contributed by atoms with E-state index < -0.39 is 11.6 Å². The molecular weight excluding hydrogens is 330 g/mol. The molecule has 0 aliphatic rings. The van der Waals surface area contributed by atoms with Gasteiger partial charge in [0, 0.05) is 12.7 Å². The first-order valence-corrected chi connectivity index (χ1v) is 6.97. The lowest BCUT2D eigenvalue weighted by molar-refractivity contribution is 0.491. The highest BCUT2D eigenvalue weighted by atomic mass is 79.9. The molecule has 0 saturated carbocycles. The Morgan fingerprint density at radius 1 is 1.45 bits per heavy atom. The van der Waals surface area contributed by atoms with Gasteiger partial charge in [-0.1, -0.05) is 6.07 Å². The van der Waals surface area contributed by atoms with Crippen LogP contribution in [-0.2, 0) is 13.0 Å². The van der Waals surface area contributed by atoms with Gasteiger partial charge in [-0.3, -0.25) is 16.0 Å². The van der Waals surface area contributed by atoms with Crippen molar-refractivity contribution in [2.24, 2.45) is 5.84 Å². The number of aromatic nitrogens is 2. The molecule has 108 valence electrons. The predicted octanol–water partition coefficient (Wildman–Crippen LogP) is 2.69. The van der Waals surface area contributed by atoms with E-state index in [9.17, 15) is 8.78 Å². The lowest BCUT2D eigenvalue weighted by Gasteiger charge is -2.17. The van der Waals surface area contributed by atoms with Crippen LogP contribution in [0.25, 0.3) is 0 Å². The van der Waals surface area contributed by atoms with Gasteiger partial charge in [0.25, 0.3) is 0 Å². The second-order valence-electron chi connectivity index (χ2n) is 4.39. The van der Waals surface area contributed by atoms with E-state index in [2.05, 4.69) is 26.5 Å². The number of hydrogen-bond acceptors (Lipinski definition) is 3. The smallest absolute Gasteiger partial charge is 0.173 e. The molecule has 0 bridgehead atoms. The van der Waals surface area contributed by atoms with Crippen molar-refractivity contribution < 1.29 is 8.78 Å². The molecule has 0 aliphatic carbocycles. The van der Waals surface area contributed by atoms with Gasteiger partial charge in [0.1, 0.15) is 0 Å². The van der Waals surface area contributed by atoms with Crippen LogP contribution in [0.5, 0.6) is 0 Å². The second kappa shape index (κ2) is 6.43. The Labute approximate surface area is 124 Å². The van der Waals surface area contributed by atoms with E-state index in [0.29, 0.717) is 12.0 Å². The van der Waals surface area contributed by atoms with Crippen molar-refractivity contribution in [2.45, 2.75) is 25.9 Å². The maximum Gasteiger partial charge on any atom is 0.173 e. The summed E-state index contributed by atoms with van der Waals surface area (Å²) in [5.74, 6) is 3.73. The minimum absolute atomic E-state index is 0.0864. The maximum absolute atomic E-state index is 13.6. The summed E-state index contributed by atoms with van der Waals surface area (Å²) in [4.78, 5) is 0. The van der Waals surface area contributed by atoms with Crippen molar-refractivity contribution in [1.82, 2.24) is 15.2 Å². The average Bonchev–Trinajstić information content (AvgIpc) is 2.91. The molecule has 3 N–H and O–H groups in total. The van der Waals surface area contributed by atoms with Crippen molar-refractivity contribution in [2.75, 3.05) is 0 Å². The van der Waals surface area contributed by atoms with Crippen LogP contribution in [0.1, 0.15) is 24.1 Å². The standard InChI is InChI=1S/C13H15BrF2N4/c1-2-20-7-8(6-18-20)5-11(19-17)9-3-4-10(15)13(16)12(9)14/h3-4,6-7,11,19H,2,5,17H2,1H3. The number of rotatable bonds is 5. The Kier molecular flexibility index (Phi) is 4.85. The zero-order chi connectivity index (χ0) is 14.7. The number of nitrogens with zero attached hydrogens (tertiary/aromatic N) is 2. The summed E-state index contributed by atoms with van der Waals surface area (Å²) in [5.41, 5.74) is 4.16. The van der Waals surface area contributed by atoms with Gasteiger partial charge in [-0.05, 0) is 46.5 Å². The monoisotopic (exact) mass is 344 g/mol. The number of nitrogens with two attached hydrogens (primary N) is 1. The molecule has 0 aliphatic heterocycles. The fraction of sp³-hybridized carbons (Fsp3) is 0.308. The summed E-state index contributed by atoms with van der Waals surface area (Å²) >= 11 is 3.07. The first-order valence-electron chi connectivity index (χ1n) is 6.17. The molecule has 0 spiro atoms. The zero-order valence-corrected chi connectivity index (χ0v) is 12.5. The zero-order valence-electron chi connectivity index (χ0n) is 10.9. The molecule has 0 radical (unpaired) electrons. The second-order valence-corrected chi connectivity index (χ2v) is 5.19. The molecule has 2 rings (SSSR count). The summed E-state index contributed by atoms with van der Waals surface area (Å²) < 4.78 is 28.6. The summed E-state index contributed by atoms with van der Waals surface area (Å²) in [6, 6.07) is 2.26. The summed E-state index contributed by atoms with van der Waals surface area (Å²) in [6.45, 7) is 2.76. The molecule has 0 amide bonds. The van der Waals surface area contributed by atoms with E-state index in [0.717, 1.165) is 18.2 Å². The Hall–Kier alpha value is -1.31. The highest BCUT2D eigenvalue weighted by molar-refractivity contribution is 9.10. The third-order valence-corrected chi connectivity index (χ3v) is 3.90. The Morgan fingerprint density at radius 3 is 2.80 bits per heavy atom. The fourth-order valence-corrected chi connectivity index (χ4v) is 2.59. The van der Waals surface area contributed by atoms with Crippen LogP contribution in [0.15, 0.2) is 29.0 Å². The number of halogens is 3. The number of nitrogens with one attached hydrogen (secondary N) is 1. The van der Waals surface area contributed by atoms with Crippen LogP contribution < -0.4 is 11.3 Å². The van der Waals surface area contributed by atoms with Crippen LogP contribution in [0.3, 0.4) is 0 Å². The molecule has 1 unspecified atom stereocenters. The van der Waals surface area contributed by atoms with E-state index in [1.165, 1.54) is 6.07 Å². The molecule has 20 heavy (non-hydrogen) atoms. The number of benzene rings is 1. The van der Waals surface area contributed by atoms with E-state index >= 15 is 0 Å². The topological polar surface area (TPSA) is 55.9 Å². The molecule has 1 atom stereocenters. The normalized spacial score (nSPS) is 12.7. The van der Waals surface area contributed by atoms with E-state index in [4.69, 9.17) is 5.84 Å². The molecule has 7 heteroatoms. The van der Waals surface area contributed by atoms with Gasteiger partial charge >= 0.3 is 0 Å². The van der Waals surface area contributed by atoms with Crippen LogP contribution in [0, 0.1) is 11.6 Å². The molecular formula is C13H15BrF2N4. The fourth-order valence-electron chi connectivity index (χ4n) is 1.99. The van der Waals surface area contributed by atoms with Gasteiger partial charge in [-0.2, -0.15) is 5.10 Å². The Morgan fingerprint density at radius 2 is 2.20 bits per heavy atom. The quantitative estimate of drug-likeness (QED) is 0.498. The van der Waals surface area contributed by atoms with Crippen LogP contribution in [0.4, 0.5) is 8.78 Å². The molecule has 1 heterocycles. The first-order chi connectivity index (χ1) is 9.56. The molecule has 0 fully saturated rings. The predicted molar refractivity (Wildman–Crippen MR) is 75.7 cm³/mol. The minimum Gasteiger partial charge on any atom is -0.273 e. The van der Waals surface area contributed by atoms with Gasteiger partial charge in [-0.25, -0.2) is 8.78 Å². The van der Waals surface area contributed by atoms with Crippen molar-refractivity contribution in [1.29, 1.82) is 0 Å². The summed E-state index contributed by atoms with van der Waals surface area (Å²) in [7, 11) is 0. The first kappa shape index (κ1) is 15.1. The van der Waals surface area contributed by atoms with Crippen LogP contribution in [0.2, 0.25) is 0 Å². The van der Waals surface area contributed by atoms with Crippen molar-refractivity contribution in [3.63, 3.8) is 0 Å². The SMILES string of the molecule is CCn1cc(CC(NN)c2ccc(F)c(F)c2Br)cn1. The third-order valence-electron chi connectivity index (χ3n) is 3.09. The van der Waals surface area contributed by atoms with Gasteiger partial charge in [-0.15, -0.1) is 0 Å². The van der Waals surface area contributed by atoms with Gasteiger partial charge < -0.3 is 0 Å². The highest BCUT2D eigenvalue weighted by Gasteiger charge is 2.19. The Bertz CT molecular complexity index is 600.